The molecule has 1 saturated heterocycles. The van der Waals surface area contributed by atoms with E-state index in [9.17, 15) is 24.4 Å². The van der Waals surface area contributed by atoms with Gasteiger partial charge in [-0.2, -0.15) is 5.26 Å². The molecule has 0 spiro atoms. The highest BCUT2D eigenvalue weighted by atomic mass is 19.1. The standard InChI is InChI=1S/C40H37FN6O5/c1-21-4-5-24(36-22(2)45-52-23(36)3)15-34(21)46(28-8-6-27(7-9-28)40(20-42)12-13-40)19-26-14-25(26)18-43-32-17-30-29(16-31(32)41)38(50)47(39(30)51)33-10-11-35(48)44-37(33)49/h4-9,15-17,25-26,33,43H,10-14,18-19H2,1-3H3,(H,44,48,49)/t25-,26-,33?/m1/s1. The molecule has 8 rings (SSSR count). The third-order valence-corrected chi connectivity index (χ3v) is 11.1. The van der Waals surface area contributed by atoms with E-state index in [1.807, 2.05) is 13.8 Å². The van der Waals surface area contributed by atoms with Crippen LogP contribution in [0.4, 0.5) is 21.5 Å². The molecule has 52 heavy (non-hydrogen) atoms. The van der Waals surface area contributed by atoms with E-state index in [0.29, 0.717) is 13.1 Å². The summed E-state index contributed by atoms with van der Waals surface area (Å²) in [5, 5.41) is 19.3. The highest BCUT2D eigenvalue weighted by Gasteiger charge is 2.46. The van der Waals surface area contributed by atoms with Crippen LogP contribution < -0.4 is 15.5 Å². The minimum atomic E-state index is -1.12. The van der Waals surface area contributed by atoms with Gasteiger partial charge in [-0.05, 0) is 105 Å². The largest absolute Gasteiger partial charge is 0.382 e. The lowest BCUT2D eigenvalue weighted by molar-refractivity contribution is -0.136. The first-order chi connectivity index (χ1) is 25.0. The number of amides is 4. The topological polar surface area (TPSA) is 149 Å². The zero-order valence-electron chi connectivity index (χ0n) is 29.1. The van der Waals surface area contributed by atoms with E-state index >= 15 is 4.39 Å². The predicted octanol–water partition coefficient (Wildman–Crippen LogP) is 6.25. The van der Waals surface area contributed by atoms with Crippen molar-refractivity contribution in [3.63, 3.8) is 0 Å². The number of carbonyl (C=O) groups excluding carboxylic acids is 4. The van der Waals surface area contributed by atoms with Gasteiger partial charge in [-0.15, -0.1) is 0 Å². The fourth-order valence-corrected chi connectivity index (χ4v) is 7.73. The maximum absolute atomic E-state index is 15.4. The Balaban J connectivity index is 1.01. The van der Waals surface area contributed by atoms with Gasteiger partial charge in [0.15, 0.2) is 0 Å². The molecule has 1 unspecified atom stereocenters. The number of carbonyl (C=O) groups is 4. The Labute approximate surface area is 299 Å². The summed E-state index contributed by atoms with van der Waals surface area (Å²) in [7, 11) is 0. The minimum Gasteiger partial charge on any atom is -0.382 e. The lowest BCUT2D eigenvalue weighted by Crippen LogP contribution is -2.54. The van der Waals surface area contributed by atoms with Crippen molar-refractivity contribution < 1.29 is 28.1 Å². The molecule has 2 saturated carbocycles. The Morgan fingerprint density at radius 2 is 1.75 bits per heavy atom. The van der Waals surface area contributed by atoms with Crippen molar-refractivity contribution in [3.05, 3.63) is 94.1 Å². The van der Waals surface area contributed by atoms with E-state index < -0.39 is 35.5 Å². The number of aryl methyl sites for hydroxylation is 3. The number of benzene rings is 3. The van der Waals surface area contributed by atoms with Crippen molar-refractivity contribution in [2.24, 2.45) is 11.8 Å². The number of imide groups is 2. The number of nitriles is 1. The predicted molar refractivity (Wildman–Crippen MR) is 189 cm³/mol. The Kier molecular flexibility index (Phi) is 7.97. The smallest absolute Gasteiger partial charge is 0.262 e. The van der Waals surface area contributed by atoms with E-state index in [-0.39, 0.29) is 46.9 Å². The van der Waals surface area contributed by atoms with Crippen LogP contribution >= 0.6 is 0 Å². The number of anilines is 3. The van der Waals surface area contributed by atoms with Gasteiger partial charge in [0.2, 0.25) is 11.8 Å². The Morgan fingerprint density at radius 3 is 2.40 bits per heavy atom. The summed E-state index contributed by atoms with van der Waals surface area (Å²) in [5.41, 5.74) is 6.61. The van der Waals surface area contributed by atoms with E-state index in [0.717, 1.165) is 75.3 Å². The maximum atomic E-state index is 15.4. The highest BCUT2D eigenvalue weighted by Crippen LogP contribution is 2.49. The lowest BCUT2D eigenvalue weighted by Gasteiger charge is -2.28. The third kappa shape index (κ3) is 5.70. The summed E-state index contributed by atoms with van der Waals surface area (Å²) in [6.45, 7) is 7.07. The van der Waals surface area contributed by atoms with Gasteiger partial charge in [0.25, 0.3) is 11.8 Å². The number of hydrogen-bond donors (Lipinski definition) is 2. The van der Waals surface area contributed by atoms with Crippen LogP contribution in [0.3, 0.4) is 0 Å². The van der Waals surface area contributed by atoms with Crippen LogP contribution in [0.25, 0.3) is 11.1 Å². The van der Waals surface area contributed by atoms with E-state index in [1.54, 1.807) is 0 Å². The monoisotopic (exact) mass is 700 g/mol. The number of nitrogens with zero attached hydrogens (tertiary/aromatic N) is 4. The van der Waals surface area contributed by atoms with Crippen molar-refractivity contribution in [2.75, 3.05) is 23.3 Å². The van der Waals surface area contributed by atoms with Gasteiger partial charge in [0.1, 0.15) is 17.6 Å². The molecule has 4 amide bonds. The zero-order chi connectivity index (χ0) is 36.5. The Morgan fingerprint density at radius 1 is 1.02 bits per heavy atom. The first-order valence-corrected chi connectivity index (χ1v) is 17.6. The van der Waals surface area contributed by atoms with E-state index in [4.69, 9.17) is 4.52 Å². The summed E-state index contributed by atoms with van der Waals surface area (Å²) in [6.07, 6.45) is 2.67. The fourth-order valence-electron chi connectivity index (χ4n) is 7.73. The molecule has 2 N–H and O–H groups in total. The number of hydrogen-bond acceptors (Lipinski definition) is 9. The molecule has 0 bridgehead atoms. The Bertz CT molecular complexity index is 2200. The van der Waals surface area contributed by atoms with Crippen molar-refractivity contribution in [1.29, 1.82) is 5.26 Å². The number of rotatable bonds is 10. The lowest BCUT2D eigenvalue weighted by atomic mass is 9.97. The molecule has 264 valence electrons. The van der Waals surface area contributed by atoms with Gasteiger partial charge in [-0.3, -0.25) is 29.4 Å². The molecule has 3 aromatic carbocycles. The van der Waals surface area contributed by atoms with Crippen LogP contribution in [0.2, 0.25) is 0 Å². The molecule has 3 fully saturated rings. The van der Waals surface area contributed by atoms with Crippen molar-refractivity contribution in [3.8, 4) is 17.2 Å². The van der Waals surface area contributed by atoms with Crippen LogP contribution in [-0.2, 0) is 15.0 Å². The Hall–Kier alpha value is -5.83. The number of aromatic nitrogens is 1. The molecule has 3 atom stereocenters. The molecule has 2 aliphatic carbocycles. The second kappa shape index (κ2) is 12.4. The van der Waals surface area contributed by atoms with Gasteiger partial charge in [0.05, 0.1) is 34.0 Å². The number of piperidine rings is 1. The molecule has 1 aromatic heterocycles. The molecular formula is C40H37FN6O5. The normalized spacial score (nSPS) is 21.4. The van der Waals surface area contributed by atoms with Crippen LogP contribution in [0, 0.1) is 49.8 Å². The zero-order valence-corrected chi connectivity index (χ0v) is 29.1. The van der Waals surface area contributed by atoms with Crippen molar-refractivity contribution in [1.82, 2.24) is 15.4 Å². The summed E-state index contributed by atoms with van der Waals surface area (Å²) in [5.74, 6) is -2.04. The second-order valence-corrected chi connectivity index (χ2v) is 14.5. The van der Waals surface area contributed by atoms with Crippen LogP contribution in [0.1, 0.15) is 75.4 Å². The van der Waals surface area contributed by atoms with Gasteiger partial charge in [-0.1, -0.05) is 29.4 Å². The first-order valence-electron chi connectivity index (χ1n) is 17.6. The molecular weight excluding hydrogens is 663 g/mol. The molecule has 2 aliphatic heterocycles. The molecule has 4 aromatic rings. The summed E-state index contributed by atoms with van der Waals surface area (Å²) in [6, 6.07) is 18.4. The molecule has 11 nitrogen and oxygen atoms in total. The highest BCUT2D eigenvalue weighted by molar-refractivity contribution is 6.23. The third-order valence-electron chi connectivity index (χ3n) is 11.1. The minimum absolute atomic E-state index is 0.00434. The summed E-state index contributed by atoms with van der Waals surface area (Å²) >= 11 is 0. The van der Waals surface area contributed by atoms with Crippen LogP contribution in [0.15, 0.2) is 59.1 Å². The van der Waals surface area contributed by atoms with Crippen LogP contribution in [0.5, 0.6) is 0 Å². The average Bonchev–Trinajstić information content (AvgIpc) is 4.04. The summed E-state index contributed by atoms with van der Waals surface area (Å²) in [4.78, 5) is 53.6. The van der Waals surface area contributed by atoms with Crippen LogP contribution in [-0.4, -0.2) is 52.8 Å². The number of fused-ring (bicyclic) bond motifs is 1. The van der Waals surface area contributed by atoms with E-state index in [1.165, 1.54) is 6.07 Å². The van der Waals surface area contributed by atoms with Gasteiger partial charge >= 0.3 is 0 Å². The number of nitrogens with one attached hydrogen (secondary N) is 2. The SMILES string of the molecule is Cc1ccc(-c2c(C)noc2C)cc1N(C[C@H]1C[C@@H]1CNc1cc2c(cc1F)C(=O)N(C1CCC(=O)NC1=O)C2=O)c1ccc(C2(C#N)CC2)cc1. The van der Waals surface area contributed by atoms with Gasteiger partial charge in [-0.25, -0.2) is 4.39 Å². The summed E-state index contributed by atoms with van der Waals surface area (Å²) < 4.78 is 20.8. The fraction of sp³-hybridized carbons (Fsp3) is 0.350. The van der Waals surface area contributed by atoms with Crippen molar-refractivity contribution in [2.45, 2.75) is 64.3 Å². The van der Waals surface area contributed by atoms with Gasteiger partial charge in [0, 0.05) is 36.4 Å². The molecule has 0 radical (unpaired) electrons. The quantitative estimate of drug-likeness (QED) is 0.183. The molecule has 3 heterocycles. The number of halogens is 1. The first kappa shape index (κ1) is 33.3. The average molecular weight is 701 g/mol. The van der Waals surface area contributed by atoms with Gasteiger partial charge < -0.3 is 14.7 Å². The maximum Gasteiger partial charge on any atom is 0.262 e. The van der Waals surface area contributed by atoms with E-state index in [2.05, 4.69) is 76.1 Å². The van der Waals surface area contributed by atoms with Crippen molar-refractivity contribution >= 4 is 40.7 Å². The molecule has 12 heteroatoms. The second-order valence-electron chi connectivity index (χ2n) is 14.5. The molecule has 4 aliphatic rings.